The monoisotopic (exact) mass is 420 g/mol. The minimum absolute atomic E-state index is 0.296. The first-order valence-corrected chi connectivity index (χ1v) is 9.32. The van der Waals surface area contributed by atoms with Crippen LogP contribution in [0.5, 0.6) is 5.75 Å². The summed E-state index contributed by atoms with van der Waals surface area (Å²) in [6.45, 7) is 6.55. The number of anilines is 1. The fraction of sp³-hybridized carbons (Fsp3) is 0.389. The molecule has 0 saturated carbocycles. The van der Waals surface area contributed by atoms with Crippen LogP contribution in [0.1, 0.15) is 38.8 Å². The second-order valence-corrected chi connectivity index (χ2v) is 6.76. The van der Waals surface area contributed by atoms with Crippen molar-refractivity contribution in [3.8, 4) is 5.75 Å². The number of nitrogens with zero attached hydrogens (tertiary/aromatic N) is 3. The number of nitrogens with one attached hydrogen (secondary N) is 1. The molecule has 0 bridgehead atoms. The Labute approximate surface area is 160 Å². The normalized spacial score (nSPS) is 16.1. The number of rotatable bonds is 6. The van der Waals surface area contributed by atoms with Crippen LogP contribution in [0.4, 0.5) is 5.95 Å². The van der Waals surface area contributed by atoms with Crippen LogP contribution in [-0.2, 0) is 9.53 Å². The first-order valence-electron chi connectivity index (χ1n) is 8.53. The van der Waals surface area contributed by atoms with Crippen molar-refractivity contribution in [2.24, 2.45) is 0 Å². The maximum Gasteiger partial charge on any atom is 0.338 e. The zero-order chi connectivity index (χ0) is 18.7. The minimum Gasteiger partial charge on any atom is -0.493 e. The molecule has 1 aliphatic heterocycles. The largest absolute Gasteiger partial charge is 0.493 e. The first-order chi connectivity index (χ1) is 12.6. The van der Waals surface area contributed by atoms with Crippen LogP contribution in [0.25, 0.3) is 0 Å². The van der Waals surface area contributed by atoms with E-state index in [4.69, 9.17) is 9.47 Å². The first kappa shape index (κ1) is 18.4. The molecule has 26 heavy (non-hydrogen) atoms. The van der Waals surface area contributed by atoms with Gasteiger partial charge < -0.3 is 14.8 Å². The lowest BCUT2D eigenvalue weighted by atomic mass is 9.95. The van der Waals surface area contributed by atoms with E-state index >= 15 is 0 Å². The van der Waals surface area contributed by atoms with E-state index in [0.717, 1.165) is 16.5 Å². The summed E-state index contributed by atoms with van der Waals surface area (Å²) < 4.78 is 13.8. The smallest absolute Gasteiger partial charge is 0.338 e. The Kier molecular flexibility index (Phi) is 5.61. The van der Waals surface area contributed by atoms with E-state index in [1.807, 2.05) is 32.0 Å². The third kappa shape index (κ3) is 3.46. The highest BCUT2D eigenvalue weighted by Gasteiger charge is 2.36. The van der Waals surface area contributed by atoms with Gasteiger partial charge in [-0.2, -0.15) is 10.1 Å². The molecule has 7 nitrogen and oxygen atoms in total. The second kappa shape index (κ2) is 7.90. The molecular weight excluding hydrogens is 400 g/mol. The average Bonchev–Trinajstić information content (AvgIpc) is 3.07. The van der Waals surface area contributed by atoms with Crippen molar-refractivity contribution in [1.82, 2.24) is 14.8 Å². The van der Waals surface area contributed by atoms with E-state index in [2.05, 4.69) is 31.3 Å². The summed E-state index contributed by atoms with van der Waals surface area (Å²) >= 11 is 3.52. The Hall–Kier alpha value is -2.35. The molecule has 3 rings (SSSR count). The van der Waals surface area contributed by atoms with E-state index in [1.165, 1.54) is 6.33 Å². The highest BCUT2D eigenvalue weighted by molar-refractivity contribution is 9.10. The number of fused-ring (bicyclic) bond motifs is 1. The molecule has 1 atom stereocenters. The molecular formula is C18H21BrN4O3. The SMILES string of the molecule is CCCOc1ccc(Br)cc1C1C(C(=O)OCC)=C(C)Nc2ncnn21. The molecule has 0 saturated heterocycles. The lowest BCUT2D eigenvalue weighted by Gasteiger charge is -2.29. The topological polar surface area (TPSA) is 78.3 Å². The number of allylic oxidation sites excluding steroid dienone is 1. The fourth-order valence-electron chi connectivity index (χ4n) is 2.93. The average molecular weight is 421 g/mol. The Morgan fingerprint density at radius 3 is 2.92 bits per heavy atom. The van der Waals surface area contributed by atoms with E-state index in [0.29, 0.717) is 36.2 Å². The van der Waals surface area contributed by atoms with Crippen LogP contribution < -0.4 is 10.1 Å². The number of aromatic nitrogens is 3. The van der Waals surface area contributed by atoms with Crippen molar-refractivity contribution >= 4 is 27.8 Å². The Bertz CT molecular complexity index is 847. The molecule has 2 heterocycles. The maximum atomic E-state index is 12.7. The quantitative estimate of drug-likeness (QED) is 0.717. The summed E-state index contributed by atoms with van der Waals surface area (Å²) in [4.78, 5) is 16.9. The molecule has 0 spiro atoms. The van der Waals surface area contributed by atoms with Crippen molar-refractivity contribution in [2.75, 3.05) is 18.5 Å². The van der Waals surface area contributed by atoms with Gasteiger partial charge in [0.1, 0.15) is 18.1 Å². The standard InChI is InChI=1S/C18H21BrN4O3/c1-4-8-26-14-7-6-12(19)9-13(14)16-15(17(24)25-5-2)11(3)22-18-20-10-21-23(16)18/h6-7,9-10,16H,4-5,8H2,1-3H3,(H,20,21,22). The minimum atomic E-state index is -0.489. The molecule has 0 fully saturated rings. The third-order valence-corrected chi connectivity index (χ3v) is 4.51. The van der Waals surface area contributed by atoms with E-state index in [9.17, 15) is 4.79 Å². The number of hydrogen-bond donors (Lipinski definition) is 1. The summed E-state index contributed by atoms with van der Waals surface area (Å²) in [6.07, 6.45) is 2.34. The highest BCUT2D eigenvalue weighted by Crippen LogP contribution is 2.40. The van der Waals surface area contributed by atoms with Gasteiger partial charge in [-0.1, -0.05) is 22.9 Å². The molecule has 138 valence electrons. The molecule has 1 aromatic carbocycles. The van der Waals surface area contributed by atoms with Gasteiger partial charge >= 0.3 is 5.97 Å². The van der Waals surface area contributed by atoms with Crippen LogP contribution in [0.2, 0.25) is 0 Å². The molecule has 2 aromatic rings. The van der Waals surface area contributed by atoms with Crippen LogP contribution in [-0.4, -0.2) is 33.9 Å². The molecule has 1 aliphatic rings. The lowest BCUT2D eigenvalue weighted by Crippen LogP contribution is -2.30. The summed E-state index contributed by atoms with van der Waals surface area (Å²) in [5, 5.41) is 7.44. The van der Waals surface area contributed by atoms with Gasteiger partial charge in [-0.25, -0.2) is 9.48 Å². The number of carbonyl (C=O) groups excluding carboxylic acids is 1. The van der Waals surface area contributed by atoms with Gasteiger partial charge in [0.25, 0.3) is 0 Å². The zero-order valence-corrected chi connectivity index (χ0v) is 16.5. The van der Waals surface area contributed by atoms with Crippen molar-refractivity contribution in [3.63, 3.8) is 0 Å². The van der Waals surface area contributed by atoms with Crippen molar-refractivity contribution in [2.45, 2.75) is 33.2 Å². The third-order valence-electron chi connectivity index (χ3n) is 4.02. The Morgan fingerprint density at radius 2 is 2.19 bits per heavy atom. The van der Waals surface area contributed by atoms with Gasteiger partial charge in [-0.05, 0) is 38.5 Å². The molecule has 1 aromatic heterocycles. The number of carbonyl (C=O) groups is 1. The second-order valence-electron chi connectivity index (χ2n) is 5.85. The molecule has 0 amide bonds. The molecule has 8 heteroatoms. The number of ether oxygens (including phenoxy) is 2. The predicted octanol–water partition coefficient (Wildman–Crippen LogP) is 3.68. The Morgan fingerprint density at radius 1 is 1.38 bits per heavy atom. The van der Waals surface area contributed by atoms with E-state index in [-0.39, 0.29) is 5.97 Å². The van der Waals surface area contributed by atoms with Crippen LogP contribution in [0.15, 0.2) is 40.3 Å². The van der Waals surface area contributed by atoms with Crippen molar-refractivity contribution in [3.05, 3.63) is 45.8 Å². The van der Waals surface area contributed by atoms with Crippen LogP contribution >= 0.6 is 15.9 Å². The zero-order valence-electron chi connectivity index (χ0n) is 15.0. The van der Waals surface area contributed by atoms with Gasteiger partial charge in [0.05, 0.1) is 18.8 Å². The van der Waals surface area contributed by atoms with Gasteiger partial charge in [-0.3, -0.25) is 0 Å². The fourth-order valence-corrected chi connectivity index (χ4v) is 3.31. The summed E-state index contributed by atoms with van der Waals surface area (Å²) in [7, 11) is 0. The number of esters is 1. The summed E-state index contributed by atoms with van der Waals surface area (Å²) in [5.74, 6) is 0.894. The lowest BCUT2D eigenvalue weighted by molar-refractivity contribution is -0.139. The van der Waals surface area contributed by atoms with Gasteiger partial charge in [-0.15, -0.1) is 0 Å². The van der Waals surface area contributed by atoms with Gasteiger partial charge in [0.15, 0.2) is 0 Å². The van der Waals surface area contributed by atoms with Crippen molar-refractivity contribution in [1.29, 1.82) is 0 Å². The number of benzene rings is 1. The Balaban J connectivity index is 2.17. The van der Waals surface area contributed by atoms with Gasteiger partial charge in [0, 0.05) is 15.7 Å². The van der Waals surface area contributed by atoms with E-state index < -0.39 is 6.04 Å². The molecule has 0 aliphatic carbocycles. The van der Waals surface area contributed by atoms with Gasteiger partial charge in [0.2, 0.25) is 5.95 Å². The maximum absolute atomic E-state index is 12.7. The predicted molar refractivity (Wildman–Crippen MR) is 101 cm³/mol. The van der Waals surface area contributed by atoms with E-state index in [1.54, 1.807) is 11.6 Å². The summed E-state index contributed by atoms with van der Waals surface area (Å²) in [6, 6.07) is 5.26. The van der Waals surface area contributed by atoms with Crippen LogP contribution in [0, 0.1) is 0 Å². The number of hydrogen-bond acceptors (Lipinski definition) is 6. The highest BCUT2D eigenvalue weighted by atomic mass is 79.9. The number of halogens is 1. The molecule has 0 radical (unpaired) electrons. The molecule has 1 N–H and O–H groups in total. The summed E-state index contributed by atoms with van der Waals surface area (Å²) in [5.41, 5.74) is 2.00. The van der Waals surface area contributed by atoms with Crippen LogP contribution in [0.3, 0.4) is 0 Å². The molecule has 1 unspecified atom stereocenters. The van der Waals surface area contributed by atoms with Crippen molar-refractivity contribution < 1.29 is 14.3 Å².